The van der Waals surface area contributed by atoms with Crippen LogP contribution in [0, 0.1) is 11.7 Å². The molecule has 0 spiro atoms. The highest BCUT2D eigenvalue weighted by atomic mass is 35.5. The Morgan fingerprint density at radius 1 is 1.37 bits per heavy atom. The first-order valence-electron chi connectivity index (χ1n) is 8.75. The first-order valence-corrected chi connectivity index (χ1v) is 9.54. The predicted octanol–water partition coefficient (Wildman–Crippen LogP) is 3.41. The summed E-state index contributed by atoms with van der Waals surface area (Å²) in [5.74, 6) is 0.453. The van der Waals surface area contributed by atoms with Gasteiger partial charge in [-0.2, -0.15) is 10.2 Å². The van der Waals surface area contributed by atoms with E-state index in [0.29, 0.717) is 33.8 Å². The van der Waals surface area contributed by atoms with Gasteiger partial charge in [0.05, 0.1) is 24.3 Å². The number of rotatable bonds is 6. The molecule has 7 nitrogen and oxygen atoms in total. The van der Waals surface area contributed by atoms with Gasteiger partial charge in [-0.05, 0) is 37.5 Å². The van der Waals surface area contributed by atoms with Crippen LogP contribution in [0.2, 0.25) is 5.15 Å². The van der Waals surface area contributed by atoms with Gasteiger partial charge in [0.25, 0.3) is 5.91 Å². The Balaban J connectivity index is 1.50. The van der Waals surface area contributed by atoms with E-state index < -0.39 is 0 Å². The highest BCUT2D eigenvalue weighted by molar-refractivity contribution is 7.71. The lowest BCUT2D eigenvalue weighted by Gasteiger charge is -2.07. The lowest BCUT2D eigenvalue weighted by atomic mass is 10.2. The number of nitrogens with one attached hydrogen (secondary N) is 2. The standard InChI is InChI=1S/C18H19ClN6OS/c1-11-15(16(19)24(23-11)10-12-5-3-2-4-6-12)17(26)20-9-14-21-22-18(27)25(14)13-7-8-13/h2-6,13H,7-10H2,1H3,(H,20,26)(H,22,27). The molecular weight excluding hydrogens is 384 g/mol. The van der Waals surface area contributed by atoms with Gasteiger partial charge in [0, 0.05) is 6.04 Å². The number of carbonyl (C=O) groups is 1. The molecule has 0 bridgehead atoms. The van der Waals surface area contributed by atoms with E-state index in [0.717, 1.165) is 24.2 Å². The summed E-state index contributed by atoms with van der Waals surface area (Å²) in [5, 5.41) is 14.7. The Morgan fingerprint density at radius 2 is 2.11 bits per heavy atom. The van der Waals surface area contributed by atoms with Gasteiger partial charge in [-0.15, -0.1) is 0 Å². The SMILES string of the molecule is Cc1nn(Cc2ccccc2)c(Cl)c1C(=O)NCc1n[nH]c(=S)n1C1CC1. The summed E-state index contributed by atoms with van der Waals surface area (Å²) in [5.41, 5.74) is 2.04. The number of aryl methyl sites for hydroxylation is 1. The van der Waals surface area contributed by atoms with Crippen molar-refractivity contribution < 1.29 is 4.79 Å². The molecule has 2 aromatic heterocycles. The number of halogens is 1. The van der Waals surface area contributed by atoms with E-state index in [4.69, 9.17) is 23.8 Å². The second-order valence-corrected chi connectivity index (χ2v) is 7.37. The maximum absolute atomic E-state index is 12.7. The van der Waals surface area contributed by atoms with Gasteiger partial charge in [-0.3, -0.25) is 14.5 Å². The Bertz CT molecular complexity index is 1030. The molecule has 1 aliphatic carbocycles. The highest BCUT2D eigenvalue weighted by Crippen LogP contribution is 2.35. The molecule has 1 aliphatic rings. The third-order valence-electron chi connectivity index (χ3n) is 4.56. The van der Waals surface area contributed by atoms with Crippen LogP contribution in [0.25, 0.3) is 0 Å². The van der Waals surface area contributed by atoms with Gasteiger partial charge >= 0.3 is 0 Å². The fourth-order valence-corrected chi connectivity index (χ4v) is 3.71. The van der Waals surface area contributed by atoms with Crippen molar-refractivity contribution >= 4 is 29.7 Å². The number of carbonyl (C=O) groups excluding carboxylic acids is 1. The summed E-state index contributed by atoms with van der Waals surface area (Å²) in [4.78, 5) is 12.7. The Hall–Kier alpha value is -2.45. The van der Waals surface area contributed by atoms with E-state index in [2.05, 4.69) is 20.6 Å². The maximum atomic E-state index is 12.7. The van der Waals surface area contributed by atoms with Crippen LogP contribution in [0.4, 0.5) is 0 Å². The number of benzene rings is 1. The fourth-order valence-electron chi connectivity index (χ4n) is 3.09. The van der Waals surface area contributed by atoms with Gasteiger partial charge in [-0.25, -0.2) is 4.68 Å². The van der Waals surface area contributed by atoms with Crippen molar-refractivity contribution in [1.29, 1.82) is 0 Å². The van der Waals surface area contributed by atoms with Crippen molar-refractivity contribution in [2.24, 2.45) is 0 Å². The molecule has 2 N–H and O–H groups in total. The maximum Gasteiger partial charge on any atom is 0.256 e. The Kier molecular flexibility index (Phi) is 4.84. The molecule has 1 amide bonds. The minimum absolute atomic E-state index is 0.270. The average Bonchev–Trinajstić information content (AvgIpc) is 3.36. The van der Waals surface area contributed by atoms with Crippen LogP contribution >= 0.6 is 23.8 Å². The summed E-state index contributed by atoms with van der Waals surface area (Å²) in [6.45, 7) is 2.57. The van der Waals surface area contributed by atoms with Crippen LogP contribution in [0.3, 0.4) is 0 Å². The fraction of sp³-hybridized carbons (Fsp3) is 0.333. The van der Waals surface area contributed by atoms with E-state index in [-0.39, 0.29) is 12.5 Å². The zero-order chi connectivity index (χ0) is 19.0. The summed E-state index contributed by atoms with van der Waals surface area (Å²) in [6, 6.07) is 10.2. The number of amides is 1. The lowest BCUT2D eigenvalue weighted by Crippen LogP contribution is -2.25. The summed E-state index contributed by atoms with van der Waals surface area (Å²) in [6.07, 6.45) is 2.18. The average molecular weight is 403 g/mol. The molecule has 1 saturated carbocycles. The molecule has 0 saturated heterocycles. The largest absolute Gasteiger partial charge is 0.345 e. The van der Waals surface area contributed by atoms with Gasteiger partial charge in [0.15, 0.2) is 10.6 Å². The molecular formula is C18H19ClN6OS. The molecule has 1 fully saturated rings. The number of H-pyrrole nitrogens is 1. The zero-order valence-electron chi connectivity index (χ0n) is 14.8. The van der Waals surface area contributed by atoms with E-state index in [1.54, 1.807) is 11.6 Å². The lowest BCUT2D eigenvalue weighted by molar-refractivity contribution is 0.0949. The molecule has 0 unspecified atom stereocenters. The minimum Gasteiger partial charge on any atom is -0.345 e. The molecule has 3 aromatic rings. The topological polar surface area (TPSA) is 80.5 Å². The quantitative estimate of drug-likeness (QED) is 0.619. The molecule has 4 rings (SSSR count). The smallest absolute Gasteiger partial charge is 0.256 e. The van der Waals surface area contributed by atoms with Crippen LogP contribution in [0.15, 0.2) is 30.3 Å². The summed E-state index contributed by atoms with van der Waals surface area (Å²) >= 11 is 11.7. The van der Waals surface area contributed by atoms with Crippen molar-refractivity contribution in [2.75, 3.05) is 0 Å². The van der Waals surface area contributed by atoms with Crippen molar-refractivity contribution in [3.8, 4) is 0 Å². The molecule has 140 valence electrons. The molecule has 9 heteroatoms. The van der Waals surface area contributed by atoms with Crippen LogP contribution < -0.4 is 5.32 Å². The first-order chi connectivity index (χ1) is 13.0. The highest BCUT2D eigenvalue weighted by Gasteiger charge is 2.27. The molecule has 1 aromatic carbocycles. The molecule has 27 heavy (non-hydrogen) atoms. The van der Waals surface area contributed by atoms with Crippen LogP contribution in [-0.4, -0.2) is 30.5 Å². The second-order valence-electron chi connectivity index (χ2n) is 6.62. The van der Waals surface area contributed by atoms with Crippen LogP contribution in [0.1, 0.15) is 46.3 Å². The van der Waals surface area contributed by atoms with Gasteiger partial charge in [-0.1, -0.05) is 41.9 Å². The van der Waals surface area contributed by atoms with Crippen molar-refractivity contribution in [1.82, 2.24) is 29.9 Å². The van der Waals surface area contributed by atoms with Crippen molar-refractivity contribution in [3.05, 3.63) is 62.9 Å². The molecule has 0 atom stereocenters. The number of aromatic nitrogens is 5. The van der Waals surface area contributed by atoms with Crippen LogP contribution in [0.5, 0.6) is 0 Å². The van der Waals surface area contributed by atoms with Crippen molar-refractivity contribution in [2.45, 2.75) is 38.9 Å². The third-order valence-corrected chi connectivity index (χ3v) is 5.24. The van der Waals surface area contributed by atoms with E-state index in [1.165, 1.54) is 0 Å². The number of hydrogen-bond acceptors (Lipinski definition) is 4. The Labute approximate surface area is 166 Å². The normalized spacial score (nSPS) is 13.7. The molecule has 0 radical (unpaired) electrons. The van der Waals surface area contributed by atoms with Crippen LogP contribution in [-0.2, 0) is 13.1 Å². The summed E-state index contributed by atoms with van der Waals surface area (Å²) < 4.78 is 4.20. The van der Waals surface area contributed by atoms with E-state index >= 15 is 0 Å². The number of hydrogen-bond donors (Lipinski definition) is 2. The number of aromatic amines is 1. The van der Waals surface area contributed by atoms with E-state index in [1.807, 2.05) is 34.9 Å². The monoisotopic (exact) mass is 402 g/mol. The number of nitrogens with zero attached hydrogens (tertiary/aromatic N) is 4. The molecule has 2 heterocycles. The molecule has 0 aliphatic heterocycles. The summed E-state index contributed by atoms with van der Waals surface area (Å²) in [7, 11) is 0. The Morgan fingerprint density at radius 3 is 2.81 bits per heavy atom. The zero-order valence-corrected chi connectivity index (χ0v) is 16.3. The van der Waals surface area contributed by atoms with Crippen molar-refractivity contribution in [3.63, 3.8) is 0 Å². The predicted molar refractivity (Wildman–Crippen MR) is 104 cm³/mol. The van der Waals surface area contributed by atoms with Gasteiger partial charge < -0.3 is 5.32 Å². The minimum atomic E-state index is -0.270. The van der Waals surface area contributed by atoms with Gasteiger partial charge in [0.2, 0.25) is 0 Å². The third kappa shape index (κ3) is 3.68. The second kappa shape index (κ2) is 7.28. The van der Waals surface area contributed by atoms with Gasteiger partial charge in [0.1, 0.15) is 5.15 Å². The van der Waals surface area contributed by atoms with E-state index in [9.17, 15) is 4.79 Å². The first kappa shape index (κ1) is 17.9.